The highest BCUT2D eigenvalue weighted by molar-refractivity contribution is 6.34. The van der Waals surface area contributed by atoms with E-state index in [0.29, 0.717) is 18.2 Å². The van der Waals surface area contributed by atoms with Crippen molar-refractivity contribution in [3.8, 4) is 0 Å². The fourth-order valence-corrected chi connectivity index (χ4v) is 3.19. The Kier molecular flexibility index (Phi) is 4.39. The van der Waals surface area contributed by atoms with Crippen molar-refractivity contribution in [2.75, 3.05) is 13.1 Å². The van der Waals surface area contributed by atoms with Crippen LogP contribution in [0.15, 0.2) is 6.33 Å². The first-order valence-electron chi connectivity index (χ1n) is 7.78. The minimum absolute atomic E-state index is 0.100. The summed E-state index contributed by atoms with van der Waals surface area (Å²) < 4.78 is 7.17. The van der Waals surface area contributed by atoms with Crippen LogP contribution in [-0.4, -0.2) is 49.9 Å². The molecule has 3 heterocycles. The molecule has 8 heteroatoms. The van der Waals surface area contributed by atoms with Gasteiger partial charge in [0.1, 0.15) is 11.5 Å². The van der Waals surface area contributed by atoms with Crippen LogP contribution in [0.4, 0.5) is 4.79 Å². The topological polar surface area (TPSA) is 73.1 Å². The highest BCUT2D eigenvalue weighted by Gasteiger charge is 2.27. The first-order chi connectivity index (χ1) is 11.0. The Morgan fingerprint density at radius 3 is 2.70 bits per heavy atom. The van der Waals surface area contributed by atoms with Crippen LogP contribution < -0.4 is 0 Å². The molecule has 0 spiro atoms. The van der Waals surface area contributed by atoms with E-state index >= 15 is 0 Å². The normalized spacial score (nSPS) is 16.3. The van der Waals surface area contributed by atoms with Gasteiger partial charge in [0.05, 0.1) is 23.2 Å². The maximum Gasteiger partial charge on any atom is 0.410 e. The number of halogens is 1. The van der Waals surface area contributed by atoms with Crippen molar-refractivity contribution in [1.82, 2.24) is 24.6 Å². The molecule has 3 rings (SSSR count). The summed E-state index contributed by atoms with van der Waals surface area (Å²) in [6, 6.07) is 0.195. The molecule has 1 aliphatic heterocycles. The van der Waals surface area contributed by atoms with E-state index in [-0.39, 0.29) is 18.2 Å². The van der Waals surface area contributed by atoms with E-state index in [1.807, 2.05) is 25.5 Å². The molecule has 0 saturated carbocycles. The van der Waals surface area contributed by atoms with Crippen LogP contribution in [0.2, 0.25) is 5.15 Å². The number of ether oxygens (including phenoxy) is 1. The first kappa shape index (κ1) is 16.0. The molecule has 0 aromatic carbocycles. The van der Waals surface area contributed by atoms with Crippen molar-refractivity contribution in [1.29, 1.82) is 0 Å². The van der Waals surface area contributed by atoms with Gasteiger partial charge in [-0.2, -0.15) is 5.10 Å². The molecule has 1 aliphatic rings. The number of amides is 1. The average molecular weight is 338 g/mol. The molecule has 2 aromatic rings. The number of aryl methyl sites for hydroxylation is 1. The molecule has 0 radical (unpaired) electrons. The summed E-state index contributed by atoms with van der Waals surface area (Å²) in [5.41, 5.74) is 1.58. The van der Waals surface area contributed by atoms with E-state index in [0.717, 1.165) is 29.6 Å². The number of piperidine rings is 1. The molecule has 0 unspecified atom stereocenters. The summed E-state index contributed by atoms with van der Waals surface area (Å²) in [5, 5.41) is 5.82. The number of nitrogens with zero attached hydrogens (tertiary/aromatic N) is 5. The largest absolute Gasteiger partial charge is 0.447 e. The van der Waals surface area contributed by atoms with Gasteiger partial charge < -0.3 is 9.64 Å². The Balaban J connectivity index is 1.76. The van der Waals surface area contributed by atoms with Crippen molar-refractivity contribution >= 4 is 28.7 Å². The highest BCUT2D eigenvalue weighted by Crippen LogP contribution is 2.29. The predicted octanol–water partition coefficient (Wildman–Crippen LogP) is 2.97. The molecule has 1 fully saturated rings. The molecule has 1 amide bonds. The van der Waals surface area contributed by atoms with Crippen molar-refractivity contribution in [3.05, 3.63) is 17.2 Å². The number of aromatic nitrogens is 4. The lowest BCUT2D eigenvalue weighted by molar-refractivity contribution is 0.0655. The van der Waals surface area contributed by atoms with Gasteiger partial charge in [-0.05, 0) is 33.6 Å². The van der Waals surface area contributed by atoms with Crippen LogP contribution in [0.3, 0.4) is 0 Å². The van der Waals surface area contributed by atoms with E-state index < -0.39 is 0 Å². The van der Waals surface area contributed by atoms with Crippen LogP contribution in [0.25, 0.3) is 11.0 Å². The summed E-state index contributed by atoms with van der Waals surface area (Å²) in [4.78, 5) is 22.1. The van der Waals surface area contributed by atoms with Crippen molar-refractivity contribution in [3.63, 3.8) is 0 Å². The van der Waals surface area contributed by atoms with Gasteiger partial charge >= 0.3 is 6.09 Å². The Labute approximate surface area is 139 Å². The van der Waals surface area contributed by atoms with Crippen molar-refractivity contribution in [2.45, 2.75) is 45.8 Å². The zero-order valence-corrected chi connectivity index (χ0v) is 14.2. The molecule has 7 nitrogen and oxygen atoms in total. The fraction of sp³-hybridized carbons (Fsp3) is 0.600. The lowest BCUT2D eigenvalue weighted by atomic mass is 10.1. The highest BCUT2D eigenvalue weighted by atomic mass is 35.5. The number of rotatable bonds is 2. The number of fused-ring (bicyclic) bond motifs is 1. The van der Waals surface area contributed by atoms with Crippen molar-refractivity contribution < 1.29 is 9.53 Å². The summed E-state index contributed by atoms with van der Waals surface area (Å²) >= 11 is 6.15. The molecule has 0 N–H and O–H groups in total. The Morgan fingerprint density at radius 1 is 1.35 bits per heavy atom. The smallest absolute Gasteiger partial charge is 0.410 e. The minimum Gasteiger partial charge on any atom is -0.447 e. The van der Waals surface area contributed by atoms with E-state index in [2.05, 4.69) is 15.1 Å². The number of carbonyl (C=O) groups is 1. The summed E-state index contributed by atoms with van der Waals surface area (Å²) in [7, 11) is 0. The third kappa shape index (κ3) is 3.10. The van der Waals surface area contributed by atoms with Gasteiger partial charge in [0.15, 0.2) is 5.65 Å². The van der Waals surface area contributed by atoms with Crippen LogP contribution >= 0.6 is 11.6 Å². The Hall–Kier alpha value is -1.89. The Morgan fingerprint density at radius 2 is 2.04 bits per heavy atom. The average Bonchev–Trinajstić information content (AvgIpc) is 2.85. The zero-order chi connectivity index (χ0) is 16.6. The van der Waals surface area contributed by atoms with Crippen LogP contribution in [0.1, 0.15) is 38.4 Å². The minimum atomic E-state index is -0.245. The van der Waals surface area contributed by atoms with Gasteiger partial charge in [-0.25, -0.2) is 19.4 Å². The molecule has 0 atom stereocenters. The van der Waals surface area contributed by atoms with Crippen LogP contribution in [0.5, 0.6) is 0 Å². The molecule has 0 aliphatic carbocycles. The molecule has 2 aromatic heterocycles. The second kappa shape index (κ2) is 6.31. The molecule has 124 valence electrons. The van der Waals surface area contributed by atoms with Gasteiger partial charge in [0, 0.05) is 13.1 Å². The number of likely N-dealkylation sites (tertiary alicyclic amines) is 1. The van der Waals surface area contributed by atoms with Gasteiger partial charge in [-0.15, -0.1) is 0 Å². The van der Waals surface area contributed by atoms with Crippen molar-refractivity contribution in [2.24, 2.45) is 0 Å². The van der Waals surface area contributed by atoms with Gasteiger partial charge in [-0.1, -0.05) is 11.6 Å². The second-order valence-corrected chi connectivity index (χ2v) is 6.40. The molecular formula is C15H20ClN5O2. The molecule has 23 heavy (non-hydrogen) atoms. The SMILES string of the molecule is Cc1nn(C2CCN(C(=O)OC(C)C)CC2)c2ncnc(Cl)c12. The summed E-state index contributed by atoms with van der Waals surface area (Å²) in [5.74, 6) is 0. The lowest BCUT2D eigenvalue weighted by Crippen LogP contribution is -2.40. The second-order valence-electron chi connectivity index (χ2n) is 6.04. The van der Waals surface area contributed by atoms with Gasteiger partial charge in [-0.3, -0.25) is 0 Å². The van der Waals surface area contributed by atoms with E-state index in [9.17, 15) is 4.79 Å². The maximum absolute atomic E-state index is 12.0. The molecular weight excluding hydrogens is 318 g/mol. The molecule has 0 bridgehead atoms. The third-order valence-corrected chi connectivity index (χ3v) is 4.31. The molecule has 1 saturated heterocycles. The summed E-state index contributed by atoms with van der Waals surface area (Å²) in [6.07, 6.45) is 2.73. The Bertz CT molecular complexity index is 722. The van der Waals surface area contributed by atoms with Gasteiger partial charge in [0.2, 0.25) is 0 Å². The monoisotopic (exact) mass is 337 g/mol. The van der Waals surface area contributed by atoms with Crippen LogP contribution in [0, 0.1) is 6.92 Å². The first-order valence-corrected chi connectivity index (χ1v) is 8.16. The van der Waals surface area contributed by atoms with Crippen LogP contribution in [-0.2, 0) is 4.74 Å². The van der Waals surface area contributed by atoms with E-state index in [1.165, 1.54) is 6.33 Å². The number of hydrogen-bond acceptors (Lipinski definition) is 5. The zero-order valence-electron chi connectivity index (χ0n) is 13.5. The number of carbonyl (C=O) groups excluding carboxylic acids is 1. The van der Waals surface area contributed by atoms with E-state index in [1.54, 1.807) is 4.90 Å². The van der Waals surface area contributed by atoms with Gasteiger partial charge in [0.25, 0.3) is 0 Å². The number of hydrogen-bond donors (Lipinski definition) is 0. The quantitative estimate of drug-likeness (QED) is 0.788. The van der Waals surface area contributed by atoms with E-state index in [4.69, 9.17) is 16.3 Å². The summed E-state index contributed by atoms with van der Waals surface area (Å²) in [6.45, 7) is 6.91. The lowest BCUT2D eigenvalue weighted by Gasteiger charge is -2.32. The fourth-order valence-electron chi connectivity index (χ4n) is 2.92. The third-order valence-electron chi connectivity index (χ3n) is 4.02. The standard InChI is InChI=1S/C15H20ClN5O2/c1-9(2)23-15(22)20-6-4-11(5-7-20)21-14-12(10(3)19-21)13(16)17-8-18-14/h8-9,11H,4-7H2,1-3H3. The maximum atomic E-state index is 12.0. The predicted molar refractivity (Wildman–Crippen MR) is 86.5 cm³/mol.